The minimum atomic E-state index is 0.0227. The number of carbonyl (C=O) groups excluding carboxylic acids is 1. The van der Waals surface area contributed by atoms with Crippen molar-refractivity contribution in [2.24, 2.45) is 0 Å². The quantitative estimate of drug-likeness (QED) is 0.835. The van der Waals surface area contributed by atoms with Crippen LogP contribution in [0.25, 0.3) is 0 Å². The van der Waals surface area contributed by atoms with Crippen LogP contribution in [0.5, 0.6) is 0 Å². The fraction of sp³-hybridized carbons (Fsp3) is 0.571. The lowest BCUT2D eigenvalue weighted by atomic mass is 10.1. The van der Waals surface area contributed by atoms with Crippen LogP contribution in [0.1, 0.15) is 30.1 Å². The number of hydrogen-bond acceptors (Lipinski definition) is 3. The molecule has 2 rings (SSSR count). The highest BCUT2D eigenvalue weighted by Gasteiger charge is 2.27. The van der Waals surface area contributed by atoms with Crippen LogP contribution < -0.4 is 0 Å². The summed E-state index contributed by atoms with van der Waals surface area (Å²) in [6.07, 6.45) is 5.10. The fourth-order valence-electron chi connectivity index (χ4n) is 2.56. The molecule has 1 aliphatic heterocycles. The Labute approximate surface area is 119 Å². The summed E-state index contributed by atoms with van der Waals surface area (Å²) in [5, 5.41) is 0.431. The van der Waals surface area contributed by atoms with Crippen LogP contribution in [0.3, 0.4) is 0 Å². The van der Waals surface area contributed by atoms with E-state index in [2.05, 4.69) is 23.9 Å². The van der Waals surface area contributed by atoms with Crippen molar-refractivity contribution in [3.05, 3.63) is 29.0 Å². The molecule has 1 aliphatic rings. The second-order valence-electron chi connectivity index (χ2n) is 5.03. The van der Waals surface area contributed by atoms with Crippen LogP contribution in [0.15, 0.2) is 18.5 Å². The summed E-state index contributed by atoms with van der Waals surface area (Å²) < 4.78 is 0. The molecule has 104 valence electrons. The van der Waals surface area contributed by atoms with Crippen molar-refractivity contribution in [2.45, 2.75) is 25.8 Å². The molecule has 5 heteroatoms. The van der Waals surface area contributed by atoms with E-state index in [0.717, 1.165) is 32.5 Å². The first kappa shape index (κ1) is 14.3. The van der Waals surface area contributed by atoms with Gasteiger partial charge in [0.2, 0.25) is 0 Å². The Balaban J connectivity index is 2.23. The molecular weight excluding hydrogens is 262 g/mol. The van der Waals surface area contributed by atoms with Gasteiger partial charge in [-0.15, -0.1) is 0 Å². The molecule has 0 spiro atoms. The summed E-state index contributed by atoms with van der Waals surface area (Å²) in [6, 6.07) is 1.95. The largest absolute Gasteiger partial charge is 0.334 e. The van der Waals surface area contributed by atoms with E-state index >= 15 is 0 Å². The maximum absolute atomic E-state index is 12.6. The molecule has 1 fully saturated rings. The SMILES string of the molecule is CCC1CN(C)CCCN1C(=O)c1ccncc1Cl. The third-order valence-corrected chi connectivity index (χ3v) is 3.94. The van der Waals surface area contributed by atoms with E-state index in [1.54, 1.807) is 12.3 Å². The van der Waals surface area contributed by atoms with Gasteiger partial charge in [-0.05, 0) is 32.5 Å². The maximum Gasteiger partial charge on any atom is 0.255 e. The Morgan fingerprint density at radius 3 is 3.00 bits per heavy atom. The Morgan fingerprint density at radius 2 is 2.32 bits per heavy atom. The molecule has 2 heterocycles. The van der Waals surface area contributed by atoms with Gasteiger partial charge in [0.25, 0.3) is 5.91 Å². The zero-order valence-electron chi connectivity index (χ0n) is 11.5. The molecule has 1 aromatic rings. The van der Waals surface area contributed by atoms with Gasteiger partial charge < -0.3 is 9.80 Å². The molecular formula is C14H20ClN3O. The molecule has 1 amide bonds. The van der Waals surface area contributed by atoms with E-state index in [1.165, 1.54) is 6.20 Å². The molecule has 1 aromatic heterocycles. The highest BCUT2D eigenvalue weighted by atomic mass is 35.5. The zero-order valence-corrected chi connectivity index (χ0v) is 12.2. The number of carbonyl (C=O) groups is 1. The normalized spacial score (nSPS) is 21.2. The summed E-state index contributed by atoms with van der Waals surface area (Å²) in [5.41, 5.74) is 0.555. The van der Waals surface area contributed by atoms with Gasteiger partial charge in [-0.25, -0.2) is 0 Å². The van der Waals surface area contributed by atoms with Crippen molar-refractivity contribution in [3.8, 4) is 0 Å². The van der Waals surface area contributed by atoms with Gasteiger partial charge >= 0.3 is 0 Å². The number of hydrogen-bond donors (Lipinski definition) is 0. The number of likely N-dealkylation sites (N-methyl/N-ethyl adjacent to an activating group) is 1. The smallest absolute Gasteiger partial charge is 0.255 e. The van der Waals surface area contributed by atoms with Gasteiger partial charge in [-0.1, -0.05) is 18.5 Å². The summed E-state index contributed by atoms with van der Waals surface area (Å²) in [6.45, 7) is 4.87. The molecule has 0 radical (unpaired) electrons. The summed E-state index contributed by atoms with van der Waals surface area (Å²) in [4.78, 5) is 20.8. The summed E-state index contributed by atoms with van der Waals surface area (Å²) in [7, 11) is 2.11. The van der Waals surface area contributed by atoms with Gasteiger partial charge in [0.15, 0.2) is 0 Å². The predicted octanol–water partition coefficient (Wildman–Crippen LogP) is 2.29. The van der Waals surface area contributed by atoms with Gasteiger partial charge in [-0.3, -0.25) is 9.78 Å². The summed E-state index contributed by atoms with van der Waals surface area (Å²) in [5.74, 6) is 0.0227. The fourth-order valence-corrected chi connectivity index (χ4v) is 2.76. The molecule has 19 heavy (non-hydrogen) atoms. The van der Waals surface area contributed by atoms with Gasteiger partial charge in [0.1, 0.15) is 0 Å². The average Bonchev–Trinajstić information content (AvgIpc) is 2.60. The lowest BCUT2D eigenvalue weighted by Gasteiger charge is -2.30. The van der Waals surface area contributed by atoms with Crippen molar-refractivity contribution in [3.63, 3.8) is 0 Å². The molecule has 1 saturated heterocycles. The minimum absolute atomic E-state index is 0.0227. The van der Waals surface area contributed by atoms with E-state index in [-0.39, 0.29) is 11.9 Å². The monoisotopic (exact) mass is 281 g/mol. The van der Waals surface area contributed by atoms with Gasteiger partial charge in [0.05, 0.1) is 10.6 Å². The van der Waals surface area contributed by atoms with Crippen LogP contribution in [-0.2, 0) is 0 Å². The molecule has 0 bridgehead atoms. The van der Waals surface area contributed by atoms with E-state index in [9.17, 15) is 4.79 Å². The molecule has 0 saturated carbocycles. The van der Waals surface area contributed by atoms with Crippen molar-refractivity contribution >= 4 is 17.5 Å². The van der Waals surface area contributed by atoms with E-state index in [0.29, 0.717) is 10.6 Å². The van der Waals surface area contributed by atoms with E-state index < -0.39 is 0 Å². The first-order chi connectivity index (χ1) is 9.13. The van der Waals surface area contributed by atoms with Gasteiger partial charge in [0, 0.05) is 31.5 Å². The van der Waals surface area contributed by atoms with Crippen LogP contribution in [0, 0.1) is 0 Å². The van der Waals surface area contributed by atoms with Crippen LogP contribution in [0.4, 0.5) is 0 Å². The lowest BCUT2D eigenvalue weighted by Crippen LogP contribution is -2.43. The summed E-state index contributed by atoms with van der Waals surface area (Å²) >= 11 is 6.08. The number of rotatable bonds is 2. The lowest BCUT2D eigenvalue weighted by molar-refractivity contribution is 0.0676. The third-order valence-electron chi connectivity index (χ3n) is 3.64. The van der Waals surface area contributed by atoms with E-state index in [4.69, 9.17) is 11.6 Å². The van der Waals surface area contributed by atoms with E-state index in [1.807, 2.05) is 4.90 Å². The average molecular weight is 282 g/mol. The van der Waals surface area contributed by atoms with Crippen LogP contribution in [-0.4, -0.2) is 53.4 Å². The highest BCUT2D eigenvalue weighted by Crippen LogP contribution is 2.20. The number of aromatic nitrogens is 1. The molecule has 1 atom stereocenters. The first-order valence-corrected chi connectivity index (χ1v) is 7.10. The zero-order chi connectivity index (χ0) is 13.8. The topological polar surface area (TPSA) is 36.4 Å². The third kappa shape index (κ3) is 3.25. The highest BCUT2D eigenvalue weighted by molar-refractivity contribution is 6.33. The standard InChI is InChI=1S/C14H20ClN3O/c1-3-11-10-17(2)7-4-8-18(11)14(19)12-5-6-16-9-13(12)15/h5-6,9,11H,3-4,7-8,10H2,1-2H3. The molecule has 1 unspecified atom stereocenters. The van der Waals surface area contributed by atoms with Crippen LogP contribution in [0.2, 0.25) is 5.02 Å². The van der Waals surface area contributed by atoms with Crippen molar-refractivity contribution < 1.29 is 4.79 Å². The predicted molar refractivity (Wildman–Crippen MR) is 76.5 cm³/mol. The van der Waals surface area contributed by atoms with Crippen molar-refractivity contribution in [1.82, 2.24) is 14.8 Å². The Morgan fingerprint density at radius 1 is 1.53 bits per heavy atom. The number of nitrogens with zero attached hydrogens (tertiary/aromatic N) is 3. The Kier molecular flexibility index (Phi) is 4.77. The minimum Gasteiger partial charge on any atom is -0.334 e. The molecule has 0 aromatic carbocycles. The first-order valence-electron chi connectivity index (χ1n) is 6.72. The second-order valence-corrected chi connectivity index (χ2v) is 5.44. The molecule has 0 aliphatic carbocycles. The number of amides is 1. The second kappa shape index (κ2) is 6.35. The number of pyridine rings is 1. The maximum atomic E-state index is 12.6. The van der Waals surface area contributed by atoms with Crippen LogP contribution >= 0.6 is 11.6 Å². The number of halogens is 1. The van der Waals surface area contributed by atoms with Crippen molar-refractivity contribution in [2.75, 3.05) is 26.7 Å². The molecule has 0 N–H and O–H groups in total. The Hall–Kier alpha value is -1.13. The van der Waals surface area contributed by atoms with Crippen molar-refractivity contribution in [1.29, 1.82) is 0 Å². The Bertz CT molecular complexity index is 452. The van der Waals surface area contributed by atoms with Gasteiger partial charge in [-0.2, -0.15) is 0 Å². The molecule has 4 nitrogen and oxygen atoms in total.